The van der Waals surface area contributed by atoms with Crippen LogP contribution < -0.4 is 15.1 Å². The second-order valence-electron chi connectivity index (χ2n) is 7.81. The van der Waals surface area contributed by atoms with E-state index in [1.54, 1.807) is 31.4 Å². The van der Waals surface area contributed by atoms with Crippen molar-refractivity contribution in [3.05, 3.63) is 69.1 Å². The predicted molar refractivity (Wildman–Crippen MR) is 123 cm³/mol. The standard InChI is InChI=1S/C26H30O5/c1-5-6-7-8-12-22-17(2)21-13-14-24(18(3)25(21)31-26(22)28)30-16-23(27)19-10-9-11-20(15-19)29-4/h9-11,13-15H,5-8,12,16H2,1-4H3. The molecule has 0 saturated carbocycles. The molecule has 5 heteroatoms. The molecule has 0 aliphatic heterocycles. The molecule has 0 aliphatic rings. The molecule has 0 amide bonds. The number of ether oxygens (including phenoxy) is 2. The van der Waals surface area contributed by atoms with Crippen LogP contribution in [0.5, 0.6) is 11.5 Å². The van der Waals surface area contributed by atoms with Gasteiger partial charge in [0, 0.05) is 22.1 Å². The smallest absolute Gasteiger partial charge is 0.339 e. The summed E-state index contributed by atoms with van der Waals surface area (Å²) in [6.07, 6.45) is 5.16. The quantitative estimate of drug-likeness (QED) is 0.235. The molecular formula is C26H30O5. The maximum absolute atomic E-state index is 12.6. The number of carbonyl (C=O) groups is 1. The second-order valence-corrected chi connectivity index (χ2v) is 7.81. The summed E-state index contributed by atoms with van der Waals surface area (Å²) in [5.74, 6) is 0.996. The summed E-state index contributed by atoms with van der Waals surface area (Å²) in [5.41, 5.74) is 3.19. The van der Waals surface area contributed by atoms with Crippen molar-refractivity contribution in [1.29, 1.82) is 0 Å². The van der Waals surface area contributed by atoms with Gasteiger partial charge in [0.05, 0.1) is 7.11 Å². The van der Waals surface area contributed by atoms with E-state index in [4.69, 9.17) is 13.9 Å². The molecule has 0 atom stereocenters. The molecule has 1 aromatic heterocycles. The first-order valence-electron chi connectivity index (χ1n) is 10.8. The fraction of sp³-hybridized carbons (Fsp3) is 0.385. The summed E-state index contributed by atoms with van der Waals surface area (Å²) in [5, 5.41) is 0.911. The number of Topliss-reactive ketones (excluding diaryl/α,β-unsaturated/α-hetero) is 1. The van der Waals surface area contributed by atoms with Crippen LogP contribution in [0.4, 0.5) is 0 Å². The van der Waals surface area contributed by atoms with E-state index in [1.165, 1.54) is 6.42 Å². The third kappa shape index (κ3) is 5.16. The van der Waals surface area contributed by atoms with Crippen LogP contribution in [0.3, 0.4) is 0 Å². The average molecular weight is 423 g/mol. The first kappa shape index (κ1) is 22.6. The molecule has 0 unspecified atom stereocenters. The summed E-state index contributed by atoms with van der Waals surface area (Å²) in [6, 6.07) is 10.7. The van der Waals surface area contributed by atoms with Gasteiger partial charge in [-0.05, 0) is 56.5 Å². The zero-order valence-corrected chi connectivity index (χ0v) is 18.7. The summed E-state index contributed by atoms with van der Waals surface area (Å²) in [7, 11) is 1.56. The molecule has 0 aliphatic carbocycles. The minimum absolute atomic E-state index is 0.113. The molecular weight excluding hydrogens is 392 g/mol. The number of rotatable bonds is 10. The number of fused-ring (bicyclic) bond motifs is 1. The van der Waals surface area contributed by atoms with Crippen LogP contribution in [0.2, 0.25) is 0 Å². The summed E-state index contributed by atoms with van der Waals surface area (Å²) >= 11 is 0. The van der Waals surface area contributed by atoms with Crippen LogP contribution in [0, 0.1) is 13.8 Å². The van der Waals surface area contributed by atoms with Crippen molar-refractivity contribution in [3.8, 4) is 11.5 Å². The highest BCUT2D eigenvalue weighted by atomic mass is 16.5. The number of carbonyl (C=O) groups excluding carboxylic acids is 1. The predicted octanol–water partition coefficient (Wildman–Crippen LogP) is 5.80. The molecule has 164 valence electrons. The Labute approximate surface area is 183 Å². The van der Waals surface area contributed by atoms with Gasteiger partial charge < -0.3 is 13.9 Å². The van der Waals surface area contributed by atoms with Gasteiger partial charge in [0.1, 0.15) is 17.1 Å². The summed E-state index contributed by atoms with van der Waals surface area (Å²) in [6.45, 7) is 5.87. The van der Waals surface area contributed by atoms with Gasteiger partial charge in [-0.15, -0.1) is 0 Å². The first-order valence-corrected chi connectivity index (χ1v) is 10.8. The zero-order chi connectivity index (χ0) is 22.4. The molecule has 0 radical (unpaired) electrons. The van der Waals surface area contributed by atoms with Crippen molar-refractivity contribution < 1.29 is 18.7 Å². The first-order chi connectivity index (χ1) is 15.0. The molecule has 2 aromatic carbocycles. The van der Waals surface area contributed by atoms with Crippen LogP contribution >= 0.6 is 0 Å². The molecule has 0 saturated heterocycles. The summed E-state index contributed by atoms with van der Waals surface area (Å²) in [4.78, 5) is 25.1. The lowest BCUT2D eigenvalue weighted by Crippen LogP contribution is -2.13. The number of benzene rings is 2. The fourth-order valence-electron chi connectivity index (χ4n) is 3.77. The molecule has 31 heavy (non-hydrogen) atoms. The Bertz CT molecular complexity index is 1130. The topological polar surface area (TPSA) is 65.7 Å². The van der Waals surface area contributed by atoms with Gasteiger partial charge >= 0.3 is 5.63 Å². The van der Waals surface area contributed by atoms with Crippen molar-refractivity contribution in [2.45, 2.75) is 52.9 Å². The van der Waals surface area contributed by atoms with Crippen molar-refractivity contribution >= 4 is 16.8 Å². The molecule has 0 N–H and O–H groups in total. The Hall–Kier alpha value is -3.08. The van der Waals surface area contributed by atoms with Gasteiger partial charge in [-0.25, -0.2) is 4.79 Å². The maximum Gasteiger partial charge on any atom is 0.339 e. The maximum atomic E-state index is 12.6. The largest absolute Gasteiger partial charge is 0.497 e. The highest BCUT2D eigenvalue weighted by Crippen LogP contribution is 2.30. The Morgan fingerprint density at radius 2 is 1.84 bits per heavy atom. The fourth-order valence-corrected chi connectivity index (χ4v) is 3.77. The van der Waals surface area contributed by atoms with E-state index in [0.29, 0.717) is 28.2 Å². The number of aryl methyl sites for hydroxylation is 2. The van der Waals surface area contributed by atoms with E-state index in [1.807, 2.05) is 26.0 Å². The number of methoxy groups -OCH3 is 1. The van der Waals surface area contributed by atoms with Crippen LogP contribution in [0.1, 0.15) is 59.7 Å². The molecule has 0 bridgehead atoms. The van der Waals surface area contributed by atoms with Crippen molar-refractivity contribution in [2.75, 3.05) is 13.7 Å². The highest BCUT2D eigenvalue weighted by Gasteiger charge is 2.16. The van der Waals surface area contributed by atoms with Crippen molar-refractivity contribution in [3.63, 3.8) is 0 Å². The van der Waals surface area contributed by atoms with Gasteiger partial charge in [-0.2, -0.15) is 0 Å². The lowest BCUT2D eigenvalue weighted by molar-refractivity contribution is 0.0920. The molecule has 0 spiro atoms. The van der Waals surface area contributed by atoms with Crippen LogP contribution in [-0.2, 0) is 6.42 Å². The lowest BCUT2D eigenvalue weighted by atomic mass is 9.99. The average Bonchev–Trinajstić information content (AvgIpc) is 2.78. The van der Waals surface area contributed by atoms with E-state index in [0.717, 1.165) is 42.2 Å². The Morgan fingerprint density at radius 1 is 1.03 bits per heavy atom. The number of unbranched alkanes of at least 4 members (excludes halogenated alkanes) is 3. The number of hydrogen-bond donors (Lipinski definition) is 0. The van der Waals surface area contributed by atoms with Crippen molar-refractivity contribution in [2.24, 2.45) is 0 Å². The normalized spacial score (nSPS) is 11.0. The summed E-state index contributed by atoms with van der Waals surface area (Å²) < 4.78 is 16.6. The van der Waals surface area contributed by atoms with E-state index >= 15 is 0 Å². The Kier molecular flexibility index (Phi) is 7.50. The van der Waals surface area contributed by atoms with Crippen LogP contribution in [0.25, 0.3) is 11.0 Å². The number of hydrogen-bond acceptors (Lipinski definition) is 5. The van der Waals surface area contributed by atoms with E-state index in [-0.39, 0.29) is 18.0 Å². The second kappa shape index (κ2) is 10.3. The highest BCUT2D eigenvalue weighted by molar-refractivity contribution is 5.97. The molecule has 0 fully saturated rings. The molecule has 5 nitrogen and oxygen atoms in total. The minimum atomic E-state index is -0.283. The third-order valence-corrected chi connectivity index (χ3v) is 5.68. The molecule has 1 heterocycles. The molecule has 3 rings (SSSR count). The van der Waals surface area contributed by atoms with Crippen LogP contribution in [-0.4, -0.2) is 19.5 Å². The number of ketones is 1. The monoisotopic (exact) mass is 422 g/mol. The third-order valence-electron chi connectivity index (χ3n) is 5.68. The van der Waals surface area contributed by atoms with Gasteiger partial charge in [-0.1, -0.05) is 38.3 Å². The lowest BCUT2D eigenvalue weighted by Gasteiger charge is -2.13. The van der Waals surface area contributed by atoms with E-state index in [2.05, 4.69) is 6.92 Å². The Morgan fingerprint density at radius 3 is 2.58 bits per heavy atom. The molecule has 3 aromatic rings. The SMILES string of the molecule is CCCCCCc1c(C)c2ccc(OCC(=O)c3cccc(OC)c3)c(C)c2oc1=O. The van der Waals surface area contributed by atoms with E-state index in [9.17, 15) is 9.59 Å². The van der Waals surface area contributed by atoms with E-state index < -0.39 is 0 Å². The zero-order valence-electron chi connectivity index (χ0n) is 18.7. The van der Waals surface area contributed by atoms with Gasteiger partial charge in [-0.3, -0.25) is 4.79 Å². The Balaban J connectivity index is 1.80. The minimum Gasteiger partial charge on any atom is -0.497 e. The van der Waals surface area contributed by atoms with Crippen molar-refractivity contribution in [1.82, 2.24) is 0 Å². The van der Waals surface area contributed by atoms with Gasteiger partial charge in [0.15, 0.2) is 12.4 Å². The van der Waals surface area contributed by atoms with Crippen LogP contribution in [0.15, 0.2) is 45.6 Å². The van der Waals surface area contributed by atoms with Gasteiger partial charge in [0.25, 0.3) is 0 Å². The van der Waals surface area contributed by atoms with Gasteiger partial charge in [0.2, 0.25) is 0 Å².